The van der Waals surface area contributed by atoms with Crippen LogP contribution in [0.25, 0.3) is 0 Å². The third-order valence-electron chi connectivity index (χ3n) is 3.23. The fourth-order valence-electron chi connectivity index (χ4n) is 1.94. The molecule has 0 aromatic carbocycles. The number of nitrogens with zero attached hydrogens (tertiary/aromatic N) is 1. The maximum Gasteiger partial charge on any atom is 0.352 e. The number of carbonyl (C=O) groups is 2. The van der Waals surface area contributed by atoms with E-state index < -0.39 is 5.97 Å². The Morgan fingerprint density at radius 3 is 2.62 bits per heavy atom. The number of carboxylic acid groups (broad SMARTS) is 1. The van der Waals surface area contributed by atoms with Crippen LogP contribution in [-0.2, 0) is 6.54 Å². The first kappa shape index (κ1) is 10.9. The predicted octanol–water partition coefficient (Wildman–Crippen LogP) is 2.04. The lowest BCUT2D eigenvalue weighted by atomic mass is 10.2. The molecule has 1 fully saturated rings. The van der Waals surface area contributed by atoms with Gasteiger partial charge in [-0.3, -0.25) is 4.79 Å². The van der Waals surface area contributed by atoms with Crippen LogP contribution in [-0.4, -0.2) is 21.4 Å². The van der Waals surface area contributed by atoms with Gasteiger partial charge in [0, 0.05) is 18.3 Å². The van der Waals surface area contributed by atoms with Crippen LogP contribution in [0.2, 0.25) is 0 Å². The van der Waals surface area contributed by atoms with Crippen LogP contribution in [0.5, 0.6) is 0 Å². The van der Waals surface area contributed by atoms with E-state index in [2.05, 4.69) is 6.92 Å². The summed E-state index contributed by atoms with van der Waals surface area (Å²) in [4.78, 5) is 22.2. The molecular weight excluding hydrogens is 206 g/mol. The topological polar surface area (TPSA) is 59.3 Å². The first-order valence-corrected chi connectivity index (χ1v) is 5.43. The van der Waals surface area contributed by atoms with E-state index in [-0.39, 0.29) is 11.5 Å². The Hall–Kier alpha value is -1.58. The molecule has 86 valence electrons. The molecule has 0 radical (unpaired) electrons. The molecule has 0 aliphatic heterocycles. The minimum atomic E-state index is -0.971. The van der Waals surface area contributed by atoms with Gasteiger partial charge in [-0.25, -0.2) is 4.79 Å². The molecule has 2 unspecified atom stereocenters. The number of aromatic carboxylic acids is 1. The molecule has 16 heavy (non-hydrogen) atoms. The molecule has 1 saturated carbocycles. The first-order chi connectivity index (χ1) is 7.49. The Morgan fingerprint density at radius 1 is 1.56 bits per heavy atom. The van der Waals surface area contributed by atoms with Crippen LogP contribution in [0.15, 0.2) is 12.3 Å². The summed E-state index contributed by atoms with van der Waals surface area (Å²) in [6, 6.07) is 1.46. The average molecular weight is 221 g/mol. The highest BCUT2D eigenvalue weighted by atomic mass is 16.4. The monoisotopic (exact) mass is 221 g/mol. The summed E-state index contributed by atoms with van der Waals surface area (Å²) in [5.41, 5.74) is 0.690. The molecule has 0 spiro atoms. The minimum absolute atomic E-state index is 0.0925. The molecule has 1 aromatic rings. The van der Waals surface area contributed by atoms with Crippen molar-refractivity contribution < 1.29 is 14.7 Å². The maximum absolute atomic E-state index is 11.2. The Bertz CT molecular complexity index is 447. The third-order valence-corrected chi connectivity index (χ3v) is 3.23. The summed E-state index contributed by atoms with van der Waals surface area (Å²) >= 11 is 0. The summed E-state index contributed by atoms with van der Waals surface area (Å²) in [5.74, 6) is 0.168. The molecule has 1 aliphatic rings. The molecule has 0 bridgehead atoms. The fraction of sp³-hybridized carbons (Fsp3) is 0.500. The number of ketones is 1. The number of carbonyl (C=O) groups excluding carboxylic acids is 1. The fourth-order valence-corrected chi connectivity index (χ4v) is 1.94. The van der Waals surface area contributed by atoms with Gasteiger partial charge in [0.1, 0.15) is 5.69 Å². The van der Waals surface area contributed by atoms with Crippen molar-refractivity contribution in [3.63, 3.8) is 0 Å². The Balaban J connectivity index is 2.26. The largest absolute Gasteiger partial charge is 0.477 e. The van der Waals surface area contributed by atoms with Gasteiger partial charge in [-0.2, -0.15) is 0 Å². The van der Waals surface area contributed by atoms with Crippen molar-refractivity contribution in [1.82, 2.24) is 4.57 Å². The van der Waals surface area contributed by atoms with Crippen molar-refractivity contribution in [2.75, 3.05) is 0 Å². The van der Waals surface area contributed by atoms with Gasteiger partial charge in [-0.05, 0) is 31.2 Å². The van der Waals surface area contributed by atoms with Crippen molar-refractivity contribution >= 4 is 11.8 Å². The molecule has 4 heteroatoms. The molecule has 0 amide bonds. The summed E-state index contributed by atoms with van der Waals surface area (Å²) in [6.07, 6.45) is 2.80. The van der Waals surface area contributed by atoms with Gasteiger partial charge in [0.15, 0.2) is 5.78 Å². The number of carboxylic acids is 1. The van der Waals surface area contributed by atoms with Crippen molar-refractivity contribution in [1.29, 1.82) is 0 Å². The number of aromatic nitrogens is 1. The van der Waals surface area contributed by atoms with Crippen LogP contribution in [0.3, 0.4) is 0 Å². The van der Waals surface area contributed by atoms with Crippen LogP contribution >= 0.6 is 0 Å². The lowest BCUT2D eigenvalue weighted by Crippen LogP contribution is -2.09. The predicted molar refractivity (Wildman–Crippen MR) is 58.7 cm³/mol. The minimum Gasteiger partial charge on any atom is -0.477 e. The molecule has 1 N–H and O–H groups in total. The average Bonchev–Trinajstić information content (AvgIpc) is 2.74. The van der Waals surface area contributed by atoms with E-state index in [1.165, 1.54) is 13.0 Å². The van der Waals surface area contributed by atoms with E-state index in [1.54, 1.807) is 10.8 Å². The van der Waals surface area contributed by atoms with Crippen LogP contribution < -0.4 is 0 Å². The second kappa shape index (κ2) is 3.77. The number of Topliss-reactive ketones (excluding diaryl/α,β-unsaturated/α-hetero) is 1. The van der Waals surface area contributed by atoms with E-state index in [1.807, 2.05) is 0 Å². The van der Waals surface area contributed by atoms with Gasteiger partial charge in [-0.1, -0.05) is 6.92 Å². The number of rotatable bonds is 4. The second-order valence-electron chi connectivity index (χ2n) is 4.60. The van der Waals surface area contributed by atoms with E-state index in [9.17, 15) is 9.59 Å². The maximum atomic E-state index is 11.2. The Kier molecular flexibility index (Phi) is 2.58. The van der Waals surface area contributed by atoms with Gasteiger partial charge in [0.05, 0.1) is 0 Å². The molecule has 1 aromatic heterocycles. The molecule has 1 aliphatic carbocycles. The summed E-state index contributed by atoms with van der Waals surface area (Å²) in [7, 11) is 0. The normalized spacial score (nSPS) is 23.1. The first-order valence-electron chi connectivity index (χ1n) is 5.43. The van der Waals surface area contributed by atoms with Gasteiger partial charge >= 0.3 is 5.97 Å². The SMILES string of the molecule is CC(=O)c1cc(C(=O)O)n(CC2CC2C)c1. The van der Waals surface area contributed by atoms with Crippen molar-refractivity contribution in [3.8, 4) is 0 Å². The zero-order valence-electron chi connectivity index (χ0n) is 9.43. The lowest BCUT2D eigenvalue weighted by molar-refractivity contribution is 0.0684. The number of hydrogen-bond acceptors (Lipinski definition) is 2. The van der Waals surface area contributed by atoms with Crippen molar-refractivity contribution in [2.24, 2.45) is 11.8 Å². The van der Waals surface area contributed by atoms with Crippen molar-refractivity contribution in [2.45, 2.75) is 26.8 Å². The summed E-state index contributed by atoms with van der Waals surface area (Å²) in [6.45, 7) is 4.31. The standard InChI is InChI=1S/C12H15NO3/c1-7-3-9(7)5-13-6-10(8(2)14)4-11(13)12(15)16/h4,6-7,9H,3,5H2,1-2H3,(H,15,16). The van der Waals surface area contributed by atoms with Gasteiger partial charge in [0.25, 0.3) is 0 Å². The highest BCUT2D eigenvalue weighted by molar-refractivity contribution is 5.97. The zero-order chi connectivity index (χ0) is 11.9. The summed E-state index contributed by atoms with van der Waals surface area (Å²) < 4.78 is 1.69. The van der Waals surface area contributed by atoms with E-state index in [4.69, 9.17) is 5.11 Å². The van der Waals surface area contributed by atoms with E-state index in [0.29, 0.717) is 23.9 Å². The Labute approximate surface area is 93.9 Å². The van der Waals surface area contributed by atoms with Gasteiger partial charge in [-0.15, -0.1) is 0 Å². The zero-order valence-corrected chi connectivity index (χ0v) is 9.43. The highest BCUT2D eigenvalue weighted by Gasteiger charge is 2.33. The van der Waals surface area contributed by atoms with Crippen LogP contribution in [0, 0.1) is 11.8 Å². The Morgan fingerprint density at radius 2 is 2.19 bits per heavy atom. The van der Waals surface area contributed by atoms with E-state index >= 15 is 0 Å². The second-order valence-corrected chi connectivity index (χ2v) is 4.60. The smallest absolute Gasteiger partial charge is 0.352 e. The number of hydrogen-bond donors (Lipinski definition) is 1. The molecule has 4 nitrogen and oxygen atoms in total. The highest BCUT2D eigenvalue weighted by Crippen LogP contribution is 2.39. The van der Waals surface area contributed by atoms with Crippen LogP contribution in [0.4, 0.5) is 0 Å². The lowest BCUT2D eigenvalue weighted by Gasteiger charge is -2.04. The summed E-state index contributed by atoms with van der Waals surface area (Å²) in [5, 5.41) is 9.03. The third kappa shape index (κ3) is 2.01. The molecular formula is C12H15NO3. The van der Waals surface area contributed by atoms with E-state index in [0.717, 1.165) is 6.42 Å². The van der Waals surface area contributed by atoms with Crippen LogP contribution in [0.1, 0.15) is 41.1 Å². The quantitative estimate of drug-likeness (QED) is 0.791. The van der Waals surface area contributed by atoms with Gasteiger partial charge < -0.3 is 9.67 Å². The molecule has 2 rings (SSSR count). The van der Waals surface area contributed by atoms with Gasteiger partial charge in [0.2, 0.25) is 0 Å². The van der Waals surface area contributed by atoms with Crippen molar-refractivity contribution in [3.05, 3.63) is 23.5 Å². The molecule has 1 heterocycles. The molecule has 0 saturated heterocycles. The molecule has 2 atom stereocenters.